The van der Waals surface area contributed by atoms with Gasteiger partial charge in [-0.15, -0.1) is 0 Å². The molecule has 2 heteroatoms. The summed E-state index contributed by atoms with van der Waals surface area (Å²) in [7, 11) is -0.128. The van der Waals surface area contributed by atoms with Crippen molar-refractivity contribution in [3.63, 3.8) is 0 Å². The molecule has 2 saturated carbocycles. The van der Waals surface area contributed by atoms with Gasteiger partial charge in [0.1, 0.15) is 0 Å². The zero-order chi connectivity index (χ0) is 24.7. The summed E-state index contributed by atoms with van der Waals surface area (Å²) in [6.45, 7) is 19.9. The van der Waals surface area contributed by atoms with Gasteiger partial charge in [-0.3, -0.25) is 0 Å². The second-order valence-corrected chi connectivity index (χ2v) is 16.3. The molecular formula is C32H53NP. The van der Waals surface area contributed by atoms with E-state index in [-0.39, 0.29) is 18.9 Å². The molecule has 34 heavy (non-hydrogen) atoms. The molecule has 3 fully saturated rings. The highest BCUT2D eigenvalue weighted by Crippen LogP contribution is 2.73. The van der Waals surface area contributed by atoms with Crippen LogP contribution in [-0.4, -0.2) is 16.9 Å². The van der Waals surface area contributed by atoms with Crippen molar-refractivity contribution in [1.29, 1.82) is 0 Å². The van der Waals surface area contributed by atoms with Crippen molar-refractivity contribution in [2.24, 2.45) is 5.41 Å². The summed E-state index contributed by atoms with van der Waals surface area (Å²) >= 11 is 0. The van der Waals surface area contributed by atoms with Crippen LogP contribution in [0.5, 0.6) is 0 Å². The van der Waals surface area contributed by atoms with Gasteiger partial charge in [-0.1, -0.05) is 106 Å². The van der Waals surface area contributed by atoms with Crippen LogP contribution >= 0.6 is 7.92 Å². The van der Waals surface area contributed by atoms with Crippen molar-refractivity contribution < 1.29 is 0 Å². The van der Waals surface area contributed by atoms with E-state index in [1.165, 1.54) is 70.6 Å². The molecule has 191 valence electrons. The number of para-hydroxylation sites is 1. The highest BCUT2D eigenvalue weighted by Gasteiger charge is 2.57. The fourth-order valence-corrected chi connectivity index (χ4v) is 12.3. The highest BCUT2D eigenvalue weighted by molar-refractivity contribution is 7.62. The molecule has 1 heterocycles. The van der Waals surface area contributed by atoms with Crippen LogP contribution in [0.15, 0.2) is 18.2 Å². The largest absolute Gasteiger partial charge is 0.353 e. The summed E-state index contributed by atoms with van der Waals surface area (Å²) in [5, 5.41) is 0. The number of hydrogen-bond donors (Lipinski definition) is 0. The minimum Gasteiger partial charge on any atom is -0.353 e. The van der Waals surface area contributed by atoms with Gasteiger partial charge >= 0.3 is 0 Å². The smallest absolute Gasteiger partial charge is 0.0933 e. The summed E-state index contributed by atoms with van der Waals surface area (Å²) in [6, 6.07) is 7.20. The summed E-state index contributed by atoms with van der Waals surface area (Å²) in [5.74, 6) is 2.98. The molecule has 0 unspecified atom stereocenters. The van der Waals surface area contributed by atoms with Crippen LogP contribution in [-0.2, 0) is 0 Å². The number of rotatable bonds is 6. The molecule has 1 aliphatic heterocycles. The topological polar surface area (TPSA) is 3.24 Å². The average molecular weight is 483 g/mol. The third kappa shape index (κ3) is 5.12. The van der Waals surface area contributed by atoms with Gasteiger partial charge in [0, 0.05) is 11.2 Å². The molecule has 3 aliphatic rings. The van der Waals surface area contributed by atoms with E-state index in [2.05, 4.69) is 78.5 Å². The Morgan fingerprint density at radius 1 is 0.735 bits per heavy atom. The van der Waals surface area contributed by atoms with Gasteiger partial charge in [-0.2, -0.15) is 0 Å². The van der Waals surface area contributed by atoms with Crippen LogP contribution in [0, 0.1) is 11.2 Å². The molecule has 2 aliphatic carbocycles. The molecule has 1 aromatic carbocycles. The number of benzene rings is 1. The molecule has 1 nitrogen and oxygen atoms in total. The molecule has 0 N–H and O–H groups in total. The maximum atomic E-state index is 2.99. The van der Waals surface area contributed by atoms with Gasteiger partial charge in [0.15, 0.2) is 0 Å². The van der Waals surface area contributed by atoms with E-state index in [0.29, 0.717) is 11.8 Å². The van der Waals surface area contributed by atoms with Crippen LogP contribution in [0.3, 0.4) is 0 Å². The van der Waals surface area contributed by atoms with Crippen molar-refractivity contribution in [2.75, 3.05) is 4.90 Å². The number of anilines is 1. The maximum absolute atomic E-state index is 2.99. The second-order valence-electron chi connectivity index (χ2n) is 13.6. The van der Waals surface area contributed by atoms with Gasteiger partial charge in [-0.25, -0.2) is 0 Å². The Bertz CT molecular complexity index is 766. The van der Waals surface area contributed by atoms with Crippen molar-refractivity contribution in [1.82, 2.24) is 0 Å². The summed E-state index contributed by atoms with van der Waals surface area (Å²) in [5.41, 5.74) is 7.07. The van der Waals surface area contributed by atoms with Crippen molar-refractivity contribution in [3.05, 3.63) is 35.1 Å². The molecule has 0 amide bonds. The Balaban J connectivity index is 1.90. The SMILES string of the molecule is CC(C)c1cccc(C(C)C)c1N1[C](P(C2CCCCC2)C2CCCCC2)C(C)(C)CC1(C)C. The number of nitrogens with zero attached hydrogens (tertiary/aromatic N) is 1. The van der Waals surface area contributed by atoms with Crippen LogP contribution in [0.1, 0.15) is 149 Å². The number of hydrogen-bond acceptors (Lipinski definition) is 1. The first-order valence-corrected chi connectivity index (χ1v) is 16.1. The molecule has 4 rings (SSSR count). The van der Waals surface area contributed by atoms with E-state index in [0.717, 1.165) is 11.3 Å². The normalized spacial score (nSPS) is 24.6. The van der Waals surface area contributed by atoms with E-state index in [1.807, 2.05) is 5.78 Å². The van der Waals surface area contributed by atoms with Crippen molar-refractivity contribution in [2.45, 2.75) is 155 Å². The third-order valence-electron chi connectivity index (χ3n) is 9.04. The zero-order valence-electron chi connectivity index (χ0n) is 23.7. The van der Waals surface area contributed by atoms with Crippen LogP contribution < -0.4 is 4.90 Å². The molecule has 0 aromatic heterocycles. The molecule has 1 saturated heterocycles. The van der Waals surface area contributed by atoms with E-state index in [1.54, 1.807) is 16.8 Å². The first-order chi connectivity index (χ1) is 16.0. The first kappa shape index (κ1) is 26.5. The monoisotopic (exact) mass is 482 g/mol. The van der Waals surface area contributed by atoms with Crippen LogP contribution in [0.25, 0.3) is 0 Å². The maximum Gasteiger partial charge on any atom is 0.0933 e. The Hall–Kier alpha value is -0.550. The third-order valence-corrected chi connectivity index (χ3v) is 12.9. The summed E-state index contributed by atoms with van der Waals surface area (Å²) in [6.07, 6.45) is 16.0. The lowest BCUT2D eigenvalue weighted by atomic mass is 9.85. The van der Waals surface area contributed by atoms with Crippen molar-refractivity contribution >= 4 is 13.6 Å². The fourth-order valence-electron chi connectivity index (χ4n) is 7.83. The minimum absolute atomic E-state index is 0.128. The minimum atomic E-state index is -0.128. The predicted octanol–water partition coefficient (Wildman–Crippen LogP) is 10.6. The molecule has 1 aromatic rings. The standard InChI is InChI=1S/C32H53NP/c1-23(2)27-20-15-21-28(24(3)4)29(27)33-30(31(5,6)22-32(33,7)8)34(25-16-11-9-12-17-25)26-18-13-10-14-19-26/h15,20-21,23-26H,9-14,16-19,22H2,1-8H3. The van der Waals surface area contributed by atoms with Crippen LogP contribution in [0.2, 0.25) is 0 Å². The molecular weight excluding hydrogens is 429 g/mol. The lowest BCUT2D eigenvalue weighted by Crippen LogP contribution is -2.43. The van der Waals surface area contributed by atoms with Gasteiger partial charge in [-0.05, 0) is 85.6 Å². The van der Waals surface area contributed by atoms with Gasteiger partial charge < -0.3 is 4.90 Å². The molecule has 1 radical (unpaired) electrons. The Labute approximate surface area is 213 Å². The van der Waals surface area contributed by atoms with E-state index >= 15 is 0 Å². The summed E-state index contributed by atoms with van der Waals surface area (Å²) in [4.78, 5) is 2.99. The highest BCUT2D eigenvalue weighted by atomic mass is 31.1. The lowest BCUT2D eigenvalue weighted by Gasteiger charge is -2.50. The van der Waals surface area contributed by atoms with Gasteiger partial charge in [0.05, 0.1) is 5.78 Å². The van der Waals surface area contributed by atoms with E-state index in [4.69, 9.17) is 0 Å². The Morgan fingerprint density at radius 2 is 1.18 bits per heavy atom. The average Bonchev–Trinajstić information content (AvgIpc) is 2.98. The Morgan fingerprint density at radius 3 is 1.59 bits per heavy atom. The lowest BCUT2D eigenvalue weighted by molar-refractivity contribution is 0.381. The predicted molar refractivity (Wildman–Crippen MR) is 153 cm³/mol. The zero-order valence-corrected chi connectivity index (χ0v) is 24.6. The molecule has 0 spiro atoms. The van der Waals surface area contributed by atoms with Gasteiger partial charge in [0.2, 0.25) is 0 Å². The first-order valence-electron chi connectivity index (χ1n) is 14.6. The van der Waals surface area contributed by atoms with Crippen LogP contribution in [0.4, 0.5) is 5.69 Å². The summed E-state index contributed by atoms with van der Waals surface area (Å²) < 4.78 is 0. The van der Waals surface area contributed by atoms with E-state index in [9.17, 15) is 0 Å². The molecule has 0 atom stereocenters. The fraction of sp³-hybridized carbons (Fsp3) is 0.781. The van der Waals surface area contributed by atoms with Gasteiger partial charge in [0.25, 0.3) is 0 Å². The second kappa shape index (κ2) is 10.4. The van der Waals surface area contributed by atoms with E-state index < -0.39 is 0 Å². The molecule has 0 bridgehead atoms. The Kier molecular flexibility index (Phi) is 8.14. The quantitative estimate of drug-likeness (QED) is 0.364. The van der Waals surface area contributed by atoms with Crippen molar-refractivity contribution in [3.8, 4) is 0 Å².